The number of carboxylic acid groups (broad SMARTS) is 2. The van der Waals surface area contributed by atoms with Crippen LogP contribution >= 0.6 is 11.8 Å². The molecule has 0 amide bonds. The lowest BCUT2D eigenvalue weighted by atomic mass is 10.2. The van der Waals surface area contributed by atoms with E-state index in [0.717, 1.165) is 15.4 Å². The van der Waals surface area contributed by atoms with Gasteiger partial charge >= 0.3 is 11.9 Å². The summed E-state index contributed by atoms with van der Waals surface area (Å²) in [6, 6.07) is 11.1. The number of benzene rings is 2. The van der Waals surface area contributed by atoms with Crippen LogP contribution in [0, 0.1) is 11.6 Å². The van der Waals surface area contributed by atoms with E-state index in [1.165, 1.54) is 36.0 Å². The van der Waals surface area contributed by atoms with Crippen LogP contribution in [0.25, 0.3) is 0 Å². The Hall–Kier alpha value is -2.71. The molecule has 0 fully saturated rings. The summed E-state index contributed by atoms with van der Waals surface area (Å²) in [5.74, 6) is -3.03. The first kappa shape index (κ1) is 22.3. The molecule has 27 heavy (non-hydrogen) atoms. The van der Waals surface area contributed by atoms with E-state index >= 15 is 0 Å². The number of carbonyl (C=O) groups is 2. The summed E-state index contributed by atoms with van der Waals surface area (Å²) < 4.78 is 26.5. The molecule has 0 saturated carbocycles. The molecular formula is C19H19F2NO4S. The Labute approximate surface area is 159 Å². The van der Waals surface area contributed by atoms with Crippen molar-refractivity contribution in [3.63, 3.8) is 0 Å². The predicted molar refractivity (Wildman–Crippen MR) is 98.7 cm³/mol. The molecule has 0 unspecified atom stereocenters. The van der Waals surface area contributed by atoms with Gasteiger partial charge in [0, 0.05) is 28.5 Å². The van der Waals surface area contributed by atoms with Crippen LogP contribution < -0.4 is 0 Å². The standard InChI is InChI=1S/C15H15F2NS.C4H4O4/c1-18(2)10-11-8-13(17)6-7-15(11)19-14-5-3-4-12(16)9-14;5-3(6)1-2-4(7)8/h3-9H,10H2,1-2H3;1-2H,(H,5,6)(H,7,8). The predicted octanol–water partition coefficient (Wildman–Crippen LogP) is 3.89. The lowest BCUT2D eigenvalue weighted by Gasteiger charge is -2.14. The largest absolute Gasteiger partial charge is 0.478 e. The van der Waals surface area contributed by atoms with Crippen LogP contribution in [0.15, 0.2) is 64.4 Å². The van der Waals surface area contributed by atoms with Crippen molar-refractivity contribution in [1.82, 2.24) is 4.90 Å². The van der Waals surface area contributed by atoms with E-state index in [1.54, 1.807) is 12.1 Å². The highest BCUT2D eigenvalue weighted by atomic mass is 32.2. The van der Waals surface area contributed by atoms with Gasteiger partial charge in [0.25, 0.3) is 0 Å². The van der Waals surface area contributed by atoms with Crippen LogP contribution in [0.2, 0.25) is 0 Å². The van der Waals surface area contributed by atoms with E-state index in [9.17, 15) is 18.4 Å². The van der Waals surface area contributed by atoms with Crippen molar-refractivity contribution in [2.45, 2.75) is 16.3 Å². The second-order valence-electron chi connectivity index (χ2n) is 5.56. The lowest BCUT2D eigenvalue weighted by molar-refractivity contribution is -0.134. The summed E-state index contributed by atoms with van der Waals surface area (Å²) in [5.41, 5.74) is 0.902. The van der Waals surface area contributed by atoms with Crippen molar-refractivity contribution in [3.05, 3.63) is 71.8 Å². The summed E-state index contributed by atoms with van der Waals surface area (Å²) in [6.07, 6.45) is 1.12. The van der Waals surface area contributed by atoms with Gasteiger partial charge in [0.1, 0.15) is 11.6 Å². The van der Waals surface area contributed by atoms with Crippen molar-refractivity contribution < 1.29 is 28.6 Å². The molecule has 2 rings (SSSR count). The minimum absolute atomic E-state index is 0.250. The smallest absolute Gasteiger partial charge is 0.328 e. The maximum atomic E-state index is 13.3. The maximum absolute atomic E-state index is 13.3. The molecule has 2 aromatic carbocycles. The summed E-state index contributed by atoms with van der Waals surface area (Å²) in [7, 11) is 3.86. The molecule has 0 radical (unpaired) electrons. The number of hydrogen-bond donors (Lipinski definition) is 2. The highest BCUT2D eigenvalue weighted by molar-refractivity contribution is 7.99. The first-order valence-corrected chi connectivity index (χ1v) is 8.49. The fourth-order valence-corrected chi connectivity index (χ4v) is 2.87. The van der Waals surface area contributed by atoms with Gasteiger partial charge in [0.15, 0.2) is 0 Å². The van der Waals surface area contributed by atoms with Crippen molar-refractivity contribution >= 4 is 23.7 Å². The molecule has 0 aliphatic heterocycles. The lowest BCUT2D eigenvalue weighted by Crippen LogP contribution is -2.11. The van der Waals surface area contributed by atoms with Gasteiger partial charge in [-0.1, -0.05) is 17.8 Å². The zero-order valence-electron chi connectivity index (χ0n) is 14.7. The molecule has 8 heteroatoms. The van der Waals surface area contributed by atoms with Gasteiger partial charge in [-0.05, 0) is 56.1 Å². The minimum Gasteiger partial charge on any atom is -0.478 e. The van der Waals surface area contributed by atoms with Crippen LogP contribution in [0.4, 0.5) is 8.78 Å². The normalized spacial score (nSPS) is 10.6. The Morgan fingerprint density at radius 1 is 1.00 bits per heavy atom. The van der Waals surface area contributed by atoms with E-state index in [2.05, 4.69) is 0 Å². The molecule has 2 N–H and O–H groups in total. The van der Waals surface area contributed by atoms with E-state index in [4.69, 9.17) is 10.2 Å². The molecule has 0 atom stereocenters. The molecular weight excluding hydrogens is 376 g/mol. The summed E-state index contributed by atoms with van der Waals surface area (Å²) in [6.45, 7) is 0.648. The fourth-order valence-electron chi connectivity index (χ4n) is 1.91. The van der Waals surface area contributed by atoms with E-state index in [1.807, 2.05) is 25.1 Å². The first-order chi connectivity index (χ1) is 12.7. The Kier molecular flexibility index (Phi) is 9.18. The zero-order chi connectivity index (χ0) is 20.4. The average Bonchev–Trinajstić information content (AvgIpc) is 2.56. The molecule has 144 valence electrons. The van der Waals surface area contributed by atoms with Gasteiger partial charge in [-0.15, -0.1) is 0 Å². The van der Waals surface area contributed by atoms with Crippen LogP contribution in [-0.2, 0) is 16.1 Å². The highest BCUT2D eigenvalue weighted by Crippen LogP contribution is 2.31. The SMILES string of the molecule is CN(C)Cc1cc(F)ccc1Sc1cccc(F)c1.O=C(O)C=CC(=O)O. The third kappa shape index (κ3) is 9.53. The topological polar surface area (TPSA) is 77.8 Å². The van der Waals surface area contributed by atoms with Crippen LogP contribution in [0.1, 0.15) is 5.56 Å². The molecule has 2 aromatic rings. The fraction of sp³-hybridized carbons (Fsp3) is 0.158. The number of aliphatic carboxylic acids is 2. The van der Waals surface area contributed by atoms with Gasteiger partial charge in [0.2, 0.25) is 0 Å². The van der Waals surface area contributed by atoms with Crippen LogP contribution in [0.3, 0.4) is 0 Å². The molecule has 0 aromatic heterocycles. The Balaban J connectivity index is 0.000000387. The summed E-state index contributed by atoms with van der Waals surface area (Å²) in [4.78, 5) is 22.8. The third-order valence-electron chi connectivity index (χ3n) is 2.90. The number of nitrogens with zero attached hydrogens (tertiary/aromatic N) is 1. The van der Waals surface area contributed by atoms with Crippen molar-refractivity contribution in [2.75, 3.05) is 14.1 Å². The van der Waals surface area contributed by atoms with Crippen molar-refractivity contribution in [3.8, 4) is 0 Å². The number of hydrogen-bond acceptors (Lipinski definition) is 4. The van der Waals surface area contributed by atoms with Crippen LogP contribution in [0.5, 0.6) is 0 Å². The highest BCUT2D eigenvalue weighted by Gasteiger charge is 2.08. The van der Waals surface area contributed by atoms with Gasteiger partial charge < -0.3 is 15.1 Å². The molecule has 0 aliphatic rings. The van der Waals surface area contributed by atoms with Gasteiger partial charge in [0.05, 0.1) is 0 Å². The number of carboxylic acids is 2. The molecule has 0 spiro atoms. The van der Waals surface area contributed by atoms with Gasteiger partial charge in [-0.2, -0.15) is 0 Å². The monoisotopic (exact) mass is 395 g/mol. The molecule has 0 aliphatic carbocycles. The maximum Gasteiger partial charge on any atom is 0.328 e. The third-order valence-corrected chi connectivity index (χ3v) is 4.01. The molecule has 0 saturated heterocycles. The van der Waals surface area contributed by atoms with Gasteiger partial charge in [-0.3, -0.25) is 0 Å². The number of rotatable bonds is 6. The molecule has 0 heterocycles. The summed E-state index contributed by atoms with van der Waals surface area (Å²) in [5, 5.41) is 15.6. The summed E-state index contributed by atoms with van der Waals surface area (Å²) >= 11 is 1.45. The Bertz CT molecular complexity index is 809. The average molecular weight is 395 g/mol. The number of halogens is 2. The van der Waals surface area contributed by atoms with Gasteiger partial charge in [-0.25, -0.2) is 18.4 Å². The quantitative estimate of drug-likeness (QED) is 0.723. The Morgan fingerprint density at radius 2 is 1.59 bits per heavy atom. The molecule has 0 bridgehead atoms. The van der Waals surface area contributed by atoms with Crippen LogP contribution in [-0.4, -0.2) is 41.1 Å². The Morgan fingerprint density at radius 3 is 2.11 bits per heavy atom. The minimum atomic E-state index is -1.26. The van der Waals surface area contributed by atoms with E-state index in [0.29, 0.717) is 18.7 Å². The second-order valence-corrected chi connectivity index (χ2v) is 6.67. The van der Waals surface area contributed by atoms with E-state index < -0.39 is 11.9 Å². The zero-order valence-corrected chi connectivity index (χ0v) is 15.5. The van der Waals surface area contributed by atoms with E-state index in [-0.39, 0.29) is 11.6 Å². The second kappa shape index (κ2) is 11.1. The van der Waals surface area contributed by atoms with Crippen molar-refractivity contribution in [1.29, 1.82) is 0 Å². The molecule has 5 nitrogen and oxygen atoms in total. The first-order valence-electron chi connectivity index (χ1n) is 7.68. The van der Waals surface area contributed by atoms with Crippen molar-refractivity contribution in [2.24, 2.45) is 0 Å².